The molecule has 20 heavy (non-hydrogen) atoms. The van der Waals surface area contributed by atoms with E-state index in [0.29, 0.717) is 17.2 Å². The van der Waals surface area contributed by atoms with Gasteiger partial charge in [-0.3, -0.25) is 0 Å². The van der Waals surface area contributed by atoms with Crippen LogP contribution >= 0.6 is 0 Å². The van der Waals surface area contributed by atoms with Crippen molar-refractivity contribution in [1.82, 2.24) is 0 Å². The van der Waals surface area contributed by atoms with E-state index in [1.54, 1.807) is 36.4 Å². The van der Waals surface area contributed by atoms with Crippen molar-refractivity contribution >= 4 is 9.84 Å². The molecule has 0 spiro atoms. The summed E-state index contributed by atoms with van der Waals surface area (Å²) in [6.07, 6.45) is 0. The SMILES string of the molecule is NCc1ccc(S(=O)(=O)CCOc2ccccc2)cc1. The number of sulfone groups is 1. The fourth-order valence-electron chi connectivity index (χ4n) is 1.74. The molecule has 2 aromatic carbocycles. The van der Waals surface area contributed by atoms with Crippen LogP contribution in [0.4, 0.5) is 0 Å². The number of hydrogen-bond acceptors (Lipinski definition) is 4. The first-order chi connectivity index (χ1) is 9.62. The van der Waals surface area contributed by atoms with Gasteiger partial charge in [-0.2, -0.15) is 0 Å². The van der Waals surface area contributed by atoms with Crippen LogP contribution in [0.15, 0.2) is 59.5 Å². The Morgan fingerprint density at radius 1 is 0.950 bits per heavy atom. The average molecular weight is 291 g/mol. The van der Waals surface area contributed by atoms with Gasteiger partial charge in [0.2, 0.25) is 0 Å². The van der Waals surface area contributed by atoms with Gasteiger partial charge in [-0.1, -0.05) is 30.3 Å². The van der Waals surface area contributed by atoms with Gasteiger partial charge in [-0.05, 0) is 29.8 Å². The molecule has 4 nitrogen and oxygen atoms in total. The van der Waals surface area contributed by atoms with Gasteiger partial charge in [-0.15, -0.1) is 0 Å². The summed E-state index contributed by atoms with van der Waals surface area (Å²) in [5.74, 6) is 0.616. The van der Waals surface area contributed by atoms with Gasteiger partial charge < -0.3 is 10.5 Å². The van der Waals surface area contributed by atoms with Crippen molar-refractivity contribution in [2.45, 2.75) is 11.4 Å². The first-order valence-corrected chi connectivity index (χ1v) is 7.97. The van der Waals surface area contributed by atoms with Crippen LogP contribution in [0.1, 0.15) is 5.56 Å². The van der Waals surface area contributed by atoms with Crippen LogP contribution in [0.3, 0.4) is 0 Å². The van der Waals surface area contributed by atoms with Crippen molar-refractivity contribution in [3.63, 3.8) is 0 Å². The molecule has 0 bridgehead atoms. The molecule has 2 N–H and O–H groups in total. The number of nitrogens with two attached hydrogens (primary N) is 1. The Kier molecular flexibility index (Phi) is 4.76. The predicted molar refractivity (Wildman–Crippen MR) is 78.3 cm³/mol. The highest BCUT2D eigenvalue weighted by Gasteiger charge is 2.14. The normalized spacial score (nSPS) is 11.2. The first-order valence-electron chi connectivity index (χ1n) is 6.31. The van der Waals surface area contributed by atoms with E-state index in [2.05, 4.69) is 0 Å². The Balaban J connectivity index is 1.96. The fraction of sp³-hybridized carbons (Fsp3) is 0.200. The summed E-state index contributed by atoms with van der Waals surface area (Å²) >= 11 is 0. The third-order valence-electron chi connectivity index (χ3n) is 2.88. The van der Waals surface area contributed by atoms with Crippen molar-refractivity contribution in [3.8, 4) is 5.75 Å². The first kappa shape index (κ1) is 14.6. The van der Waals surface area contributed by atoms with E-state index in [0.717, 1.165) is 5.56 Å². The molecule has 0 saturated carbocycles. The maximum atomic E-state index is 12.1. The number of rotatable bonds is 6. The van der Waals surface area contributed by atoms with E-state index in [-0.39, 0.29) is 12.4 Å². The van der Waals surface area contributed by atoms with Crippen LogP contribution in [0.5, 0.6) is 5.75 Å². The second-order valence-electron chi connectivity index (χ2n) is 4.33. The van der Waals surface area contributed by atoms with Crippen LogP contribution in [0.25, 0.3) is 0 Å². The topological polar surface area (TPSA) is 69.4 Å². The van der Waals surface area contributed by atoms with Gasteiger partial charge in [0.15, 0.2) is 9.84 Å². The summed E-state index contributed by atoms with van der Waals surface area (Å²) in [4.78, 5) is 0.298. The van der Waals surface area contributed by atoms with Crippen molar-refractivity contribution in [3.05, 3.63) is 60.2 Å². The molecule has 106 valence electrons. The van der Waals surface area contributed by atoms with Crippen LogP contribution in [0, 0.1) is 0 Å². The lowest BCUT2D eigenvalue weighted by Gasteiger charge is -2.07. The Morgan fingerprint density at radius 3 is 2.20 bits per heavy atom. The molecule has 0 radical (unpaired) electrons. The van der Waals surface area contributed by atoms with Crippen molar-refractivity contribution in [2.24, 2.45) is 5.73 Å². The Morgan fingerprint density at radius 2 is 1.60 bits per heavy atom. The van der Waals surface area contributed by atoms with E-state index in [1.165, 1.54) is 0 Å². The molecule has 0 aliphatic heterocycles. The van der Waals surface area contributed by atoms with Gasteiger partial charge in [0.1, 0.15) is 12.4 Å². The summed E-state index contributed by atoms with van der Waals surface area (Å²) in [5, 5.41) is 0. The molecule has 0 aromatic heterocycles. The quantitative estimate of drug-likeness (QED) is 0.883. The molecule has 2 aromatic rings. The minimum atomic E-state index is -3.32. The number of benzene rings is 2. The van der Waals surface area contributed by atoms with Crippen LogP contribution in [-0.2, 0) is 16.4 Å². The second-order valence-corrected chi connectivity index (χ2v) is 6.44. The molecular weight excluding hydrogens is 274 g/mol. The highest BCUT2D eigenvalue weighted by molar-refractivity contribution is 7.91. The standard InChI is InChI=1S/C15H17NO3S/c16-12-13-6-8-15(9-7-13)20(17,18)11-10-19-14-4-2-1-3-5-14/h1-9H,10-12,16H2. The van der Waals surface area contributed by atoms with E-state index < -0.39 is 9.84 Å². The van der Waals surface area contributed by atoms with Crippen LogP contribution in [0.2, 0.25) is 0 Å². The minimum absolute atomic E-state index is 0.0517. The lowest BCUT2D eigenvalue weighted by Crippen LogP contribution is -2.14. The van der Waals surface area contributed by atoms with Crippen molar-refractivity contribution < 1.29 is 13.2 Å². The average Bonchev–Trinajstić information content (AvgIpc) is 2.48. The summed E-state index contributed by atoms with van der Waals surface area (Å²) in [6, 6.07) is 15.8. The fourth-order valence-corrected chi connectivity index (χ4v) is 2.83. The lowest BCUT2D eigenvalue weighted by atomic mass is 10.2. The molecule has 5 heteroatoms. The van der Waals surface area contributed by atoms with Gasteiger partial charge >= 0.3 is 0 Å². The Hall–Kier alpha value is -1.85. The third-order valence-corrected chi connectivity index (χ3v) is 4.58. The van der Waals surface area contributed by atoms with Crippen molar-refractivity contribution in [1.29, 1.82) is 0 Å². The van der Waals surface area contributed by atoms with Gasteiger partial charge in [0.25, 0.3) is 0 Å². The Labute approximate surface area is 119 Å². The molecule has 0 unspecified atom stereocenters. The van der Waals surface area contributed by atoms with Crippen LogP contribution in [-0.4, -0.2) is 20.8 Å². The van der Waals surface area contributed by atoms with Gasteiger partial charge in [0, 0.05) is 6.54 Å². The molecule has 0 atom stereocenters. The zero-order valence-corrected chi connectivity index (χ0v) is 11.8. The maximum absolute atomic E-state index is 12.1. The zero-order chi connectivity index (χ0) is 14.4. The largest absolute Gasteiger partial charge is 0.493 e. The maximum Gasteiger partial charge on any atom is 0.181 e. The van der Waals surface area contributed by atoms with Gasteiger partial charge in [-0.25, -0.2) is 8.42 Å². The van der Waals surface area contributed by atoms with Gasteiger partial charge in [0.05, 0.1) is 10.6 Å². The minimum Gasteiger partial charge on any atom is -0.493 e. The van der Waals surface area contributed by atoms with Crippen molar-refractivity contribution in [2.75, 3.05) is 12.4 Å². The molecule has 0 amide bonds. The van der Waals surface area contributed by atoms with Crippen LogP contribution < -0.4 is 10.5 Å². The Bertz CT molecular complexity index is 637. The second kappa shape index (κ2) is 6.54. The molecule has 0 heterocycles. The predicted octanol–water partition coefficient (Wildman–Crippen LogP) is 2.00. The highest BCUT2D eigenvalue weighted by Crippen LogP contribution is 2.13. The number of hydrogen-bond donors (Lipinski definition) is 1. The third kappa shape index (κ3) is 3.82. The van der Waals surface area contributed by atoms with E-state index in [9.17, 15) is 8.42 Å². The lowest BCUT2D eigenvalue weighted by molar-refractivity contribution is 0.341. The highest BCUT2D eigenvalue weighted by atomic mass is 32.2. The smallest absolute Gasteiger partial charge is 0.181 e. The number of ether oxygens (including phenoxy) is 1. The van der Waals surface area contributed by atoms with E-state index in [1.807, 2.05) is 18.2 Å². The molecule has 0 aliphatic carbocycles. The molecule has 0 fully saturated rings. The molecule has 2 rings (SSSR count). The monoisotopic (exact) mass is 291 g/mol. The summed E-state index contributed by atoms with van der Waals surface area (Å²) in [5.41, 5.74) is 6.39. The van der Waals surface area contributed by atoms with E-state index in [4.69, 9.17) is 10.5 Å². The molecule has 0 aliphatic rings. The summed E-state index contributed by atoms with van der Waals surface area (Å²) < 4.78 is 29.6. The van der Waals surface area contributed by atoms with E-state index >= 15 is 0 Å². The summed E-state index contributed by atoms with van der Waals surface area (Å²) in [6.45, 7) is 0.530. The molecular formula is C15H17NO3S. The zero-order valence-electron chi connectivity index (χ0n) is 11.0. The summed E-state index contributed by atoms with van der Waals surface area (Å²) in [7, 11) is -3.32. The molecule has 0 saturated heterocycles. The number of para-hydroxylation sites is 1.